The zero-order chi connectivity index (χ0) is 14.0. The number of nitrogens with one attached hydrogen (secondary N) is 1. The lowest BCUT2D eigenvalue weighted by atomic mass is 10.1. The summed E-state index contributed by atoms with van der Waals surface area (Å²) >= 11 is 5.98. The summed E-state index contributed by atoms with van der Waals surface area (Å²) in [6.07, 6.45) is 0. The van der Waals surface area contributed by atoms with Crippen molar-refractivity contribution < 1.29 is 9.90 Å². The minimum absolute atomic E-state index is 0.122. The number of aryl methyl sites for hydroxylation is 1. The van der Waals surface area contributed by atoms with Gasteiger partial charge in [-0.3, -0.25) is 4.79 Å². The van der Waals surface area contributed by atoms with Crippen LogP contribution >= 0.6 is 11.6 Å². The number of nitrogen functional groups attached to an aromatic ring is 1. The van der Waals surface area contributed by atoms with Crippen molar-refractivity contribution in [2.24, 2.45) is 0 Å². The van der Waals surface area contributed by atoms with E-state index in [0.29, 0.717) is 16.9 Å². The van der Waals surface area contributed by atoms with Gasteiger partial charge in [-0.1, -0.05) is 23.7 Å². The highest BCUT2D eigenvalue weighted by Gasteiger charge is 2.12. The number of aromatic hydroxyl groups is 1. The van der Waals surface area contributed by atoms with E-state index in [2.05, 4.69) is 5.32 Å². The number of carbonyl (C=O) groups is 1. The number of rotatable bonds is 2. The first-order chi connectivity index (χ1) is 8.99. The molecular formula is C14H13ClN2O2. The highest BCUT2D eigenvalue weighted by atomic mass is 35.5. The Bertz CT molecular complexity index is 641. The van der Waals surface area contributed by atoms with Crippen LogP contribution in [0.5, 0.6) is 5.75 Å². The highest BCUT2D eigenvalue weighted by Crippen LogP contribution is 2.25. The summed E-state index contributed by atoms with van der Waals surface area (Å²) in [5.41, 5.74) is 7.51. The largest absolute Gasteiger partial charge is 0.508 e. The molecule has 0 heterocycles. The second kappa shape index (κ2) is 5.20. The van der Waals surface area contributed by atoms with Gasteiger partial charge in [0.25, 0.3) is 5.91 Å². The van der Waals surface area contributed by atoms with E-state index in [1.807, 2.05) is 0 Å². The molecule has 0 unspecified atom stereocenters. The molecule has 4 nitrogen and oxygen atoms in total. The normalized spacial score (nSPS) is 10.2. The van der Waals surface area contributed by atoms with Crippen LogP contribution < -0.4 is 11.1 Å². The van der Waals surface area contributed by atoms with Gasteiger partial charge in [-0.05, 0) is 30.7 Å². The third kappa shape index (κ3) is 2.80. The molecule has 1 amide bonds. The van der Waals surface area contributed by atoms with Crippen molar-refractivity contribution in [3.63, 3.8) is 0 Å². The molecular weight excluding hydrogens is 264 g/mol. The van der Waals surface area contributed by atoms with Crippen molar-refractivity contribution in [2.75, 3.05) is 11.1 Å². The van der Waals surface area contributed by atoms with Crippen molar-refractivity contribution in [3.05, 3.63) is 52.5 Å². The van der Waals surface area contributed by atoms with Crippen molar-refractivity contribution >= 4 is 28.9 Å². The molecule has 2 aromatic rings. The van der Waals surface area contributed by atoms with Crippen LogP contribution in [0.4, 0.5) is 11.4 Å². The molecule has 5 heteroatoms. The Morgan fingerprint density at radius 3 is 2.74 bits per heavy atom. The second-order valence-corrected chi connectivity index (χ2v) is 4.54. The Labute approximate surface area is 115 Å². The number of hydrogen-bond acceptors (Lipinski definition) is 3. The Hall–Kier alpha value is -2.20. The van der Waals surface area contributed by atoms with Crippen LogP contribution in [0.1, 0.15) is 15.9 Å². The number of halogens is 1. The molecule has 0 atom stereocenters. The molecule has 0 bridgehead atoms. The number of amides is 1. The van der Waals surface area contributed by atoms with Gasteiger partial charge >= 0.3 is 0 Å². The molecule has 4 N–H and O–H groups in total. The molecule has 0 aliphatic rings. The summed E-state index contributed by atoms with van der Waals surface area (Å²) < 4.78 is 0. The first kappa shape index (κ1) is 13.2. The minimum atomic E-state index is -0.374. The quantitative estimate of drug-likeness (QED) is 0.737. The predicted molar refractivity (Wildman–Crippen MR) is 76.7 cm³/mol. The summed E-state index contributed by atoms with van der Waals surface area (Å²) in [7, 11) is 0. The topological polar surface area (TPSA) is 75.4 Å². The fourth-order valence-electron chi connectivity index (χ4n) is 1.61. The molecule has 0 saturated heterocycles. The highest BCUT2D eigenvalue weighted by molar-refractivity contribution is 6.36. The van der Waals surface area contributed by atoms with Gasteiger partial charge in [-0.25, -0.2) is 0 Å². The summed E-state index contributed by atoms with van der Waals surface area (Å²) in [6.45, 7) is 1.77. The molecule has 0 aromatic heterocycles. The number of nitrogens with two attached hydrogens (primary N) is 1. The van der Waals surface area contributed by atoms with E-state index in [0.717, 1.165) is 5.56 Å². The third-order valence-electron chi connectivity index (χ3n) is 2.74. The van der Waals surface area contributed by atoms with Crippen molar-refractivity contribution in [1.82, 2.24) is 0 Å². The van der Waals surface area contributed by atoms with Crippen LogP contribution in [0.3, 0.4) is 0 Å². The second-order valence-electron chi connectivity index (χ2n) is 4.16. The number of benzene rings is 2. The maximum absolute atomic E-state index is 12.1. The zero-order valence-corrected chi connectivity index (χ0v) is 11.0. The smallest absolute Gasteiger partial charge is 0.257 e. The van der Waals surface area contributed by atoms with Crippen LogP contribution in [0.15, 0.2) is 36.4 Å². The van der Waals surface area contributed by atoms with Crippen LogP contribution in [0.2, 0.25) is 5.02 Å². The van der Waals surface area contributed by atoms with Crippen LogP contribution in [-0.4, -0.2) is 11.0 Å². The molecule has 2 rings (SSSR count). The molecule has 0 spiro atoms. The lowest BCUT2D eigenvalue weighted by Gasteiger charge is -2.09. The average Bonchev–Trinajstić information content (AvgIpc) is 2.37. The summed E-state index contributed by atoms with van der Waals surface area (Å²) in [5.74, 6) is -0.253. The minimum Gasteiger partial charge on any atom is -0.508 e. The Balaban J connectivity index is 2.26. The summed E-state index contributed by atoms with van der Waals surface area (Å²) in [4.78, 5) is 12.1. The Morgan fingerprint density at radius 2 is 2.05 bits per heavy atom. The monoisotopic (exact) mass is 276 g/mol. The van der Waals surface area contributed by atoms with Gasteiger partial charge in [-0.2, -0.15) is 0 Å². The fourth-order valence-corrected chi connectivity index (χ4v) is 1.82. The van der Waals surface area contributed by atoms with Gasteiger partial charge in [0, 0.05) is 11.8 Å². The van der Waals surface area contributed by atoms with E-state index in [9.17, 15) is 9.90 Å². The molecule has 0 aliphatic heterocycles. The Morgan fingerprint density at radius 1 is 1.32 bits per heavy atom. The van der Waals surface area contributed by atoms with Crippen LogP contribution in [0.25, 0.3) is 0 Å². The lowest BCUT2D eigenvalue weighted by molar-refractivity contribution is 0.102. The zero-order valence-electron chi connectivity index (χ0n) is 10.3. The average molecular weight is 277 g/mol. The van der Waals surface area contributed by atoms with Crippen LogP contribution in [0, 0.1) is 6.92 Å². The lowest BCUT2D eigenvalue weighted by Crippen LogP contribution is -2.13. The SMILES string of the molecule is Cc1ccc(NC(=O)c2cccc(N)c2Cl)cc1O. The maximum Gasteiger partial charge on any atom is 0.257 e. The van der Waals surface area contributed by atoms with Gasteiger partial charge in [0.15, 0.2) is 0 Å². The van der Waals surface area contributed by atoms with Crippen molar-refractivity contribution in [1.29, 1.82) is 0 Å². The van der Waals surface area contributed by atoms with Gasteiger partial charge < -0.3 is 16.2 Å². The van der Waals surface area contributed by atoms with Crippen molar-refractivity contribution in [2.45, 2.75) is 6.92 Å². The number of phenols is 1. The third-order valence-corrected chi connectivity index (χ3v) is 3.16. The Kier molecular flexibility index (Phi) is 3.62. The molecule has 98 valence electrons. The molecule has 0 fully saturated rings. The number of anilines is 2. The number of phenolic OH excluding ortho intramolecular Hbond substituents is 1. The summed E-state index contributed by atoms with van der Waals surface area (Å²) in [6, 6.07) is 9.76. The van der Waals surface area contributed by atoms with E-state index in [4.69, 9.17) is 17.3 Å². The molecule has 0 aliphatic carbocycles. The predicted octanol–water partition coefficient (Wildman–Crippen LogP) is 3.19. The molecule has 0 saturated carbocycles. The van der Waals surface area contributed by atoms with Gasteiger partial charge in [0.2, 0.25) is 0 Å². The fraction of sp³-hybridized carbons (Fsp3) is 0.0714. The standard InChI is InChI=1S/C14H13ClN2O2/c1-8-5-6-9(7-12(8)18)17-14(19)10-3-2-4-11(16)13(10)15/h2-7,18H,16H2,1H3,(H,17,19). The number of hydrogen-bond donors (Lipinski definition) is 3. The first-order valence-electron chi connectivity index (χ1n) is 5.64. The van der Waals surface area contributed by atoms with Gasteiger partial charge in [-0.15, -0.1) is 0 Å². The van der Waals surface area contributed by atoms with E-state index in [1.165, 1.54) is 6.07 Å². The van der Waals surface area contributed by atoms with Crippen LogP contribution in [-0.2, 0) is 0 Å². The van der Waals surface area contributed by atoms with Crippen molar-refractivity contribution in [3.8, 4) is 5.75 Å². The summed E-state index contributed by atoms with van der Waals surface area (Å²) in [5, 5.41) is 12.5. The van der Waals surface area contributed by atoms with E-state index in [1.54, 1.807) is 37.3 Å². The van der Waals surface area contributed by atoms with E-state index in [-0.39, 0.29) is 16.7 Å². The molecule has 19 heavy (non-hydrogen) atoms. The van der Waals surface area contributed by atoms with Gasteiger partial charge in [0.05, 0.1) is 16.3 Å². The van der Waals surface area contributed by atoms with E-state index >= 15 is 0 Å². The molecule has 0 radical (unpaired) electrons. The molecule has 2 aromatic carbocycles. The first-order valence-corrected chi connectivity index (χ1v) is 6.02. The maximum atomic E-state index is 12.1. The van der Waals surface area contributed by atoms with E-state index < -0.39 is 0 Å². The van der Waals surface area contributed by atoms with Gasteiger partial charge in [0.1, 0.15) is 5.75 Å². The number of carbonyl (C=O) groups excluding carboxylic acids is 1.